The largest absolute Gasteiger partial charge is 0.484 e. The average Bonchev–Trinajstić information content (AvgIpc) is 3.24. The highest BCUT2D eigenvalue weighted by molar-refractivity contribution is 6.32. The molecule has 150 valence electrons. The van der Waals surface area contributed by atoms with Gasteiger partial charge in [-0.1, -0.05) is 35.0 Å². The Morgan fingerprint density at radius 3 is 2.93 bits per heavy atom. The lowest BCUT2D eigenvalue weighted by molar-refractivity contribution is -0.137. The van der Waals surface area contributed by atoms with Crippen molar-refractivity contribution in [2.24, 2.45) is 0 Å². The SMILES string of the molecule is Nc1ncc(Cl)c(-c2nc([C@H]3CCCCN3C(=O)COc3ccccc3)no2)n1. The van der Waals surface area contributed by atoms with E-state index in [1.165, 1.54) is 6.20 Å². The Morgan fingerprint density at radius 1 is 1.28 bits per heavy atom. The minimum absolute atomic E-state index is 0.0525. The molecule has 0 saturated carbocycles. The predicted molar refractivity (Wildman–Crippen MR) is 105 cm³/mol. The smallest absolute Gasteiger partial charge is 0.278 e. The molecule has 1 aliphatic heterocycles. The number of carbonyl (C=O) groups is 1. The maximum Gasteiger partial charge on any atom is 0.278 e. The highest BCUT2D eigenvalue weighted by Gasteiger charge is 2.32. The maximum absolute atomic E-state index is 12.8. The summed E-state index contributed by atoms with van der Waals surface area (Å²) in [5, 5.41) is 4.31. The van der Waals surface area contributed by atoms with Crippen LogP contribution < -0.4 is 10.5 Å². The number of rotatable bonds is 5. The molecule has 1 fully saturated rings. The zero-order valence-electron chi connectivity index (χ0n) is 15.5. The Labute approximate surface area is 171 Å². The molecule has 3 aromatic rings. The summed E-state index contributed by atoms with van der Waals surface area (Å²) in [5.41, 5.74) is 5.88. The van der Waals surface area contributed by atoms with Crippen LogP contribution >= 0.6 is 11.6 Å². The number of para-hydroxylation sites is 1. The summed E-state index contributed by atoms with van der Waals surface area (Å²) < 4.78 is 10.9. The van der Waals surface area contributed by atoms with Crippen LogP contribution in [0, 0.1) is 0 Å². The van der Waals surface area contributed by atoms with Gasteiger partial charge in [0.2, 0.25) is 5.95 Å². The molecule has 2 aromatic heterocycles. The standard InChI is InChI=1S/C19H19ClN6O3/c20-13-10-22-19(21)23-16(13)18-24-17(25-29-18)14-8-4-5-9-26(14)15(27)11-28-12-6-2-1-3-7-12/h1-3,6-7,10,14H,4-5,8-9,11H2,(H2,21,22,23)/t14-/m1/s1. The lowest BCUT2D eigenvalue weighted by Gasteiger charge is -2.33. The molecular weight excluding hydrogens is 396 g/mol. The van der Waals surface area contributed by atoms with E-state index in [9.17, 15) is 4.79 Å². The van der Waals surface area contributed by atoms with E-state index in [0.717, 1.165) is 19.3 Å². The van der Waals surface area contributed by atoms with Crippen LogP contribution in [0.3, 0.4) is 0 Å². The van der Waals surface area contributed by atoms with E-state index in [-0.39, 0.29) is 41.1 Å². The number of ether oxygens (including phenoxy) is 1. The number of nitrogen functional groups attached to an aromatic ring is 1. The Morgan fingerprint density at radius 2 is 2.10 bits per heavy atom. The molecule has 4 rings (SSSR count). The van der Waals surface area contributed by atoms with Gasteiger partial charge in [0.25, 0.3) is 11.8 Å². The van der Waals surface area contributed by atoms with Crippen molar-refractivity contribution in [3.63, 3.8) is 0 Å². The third-order valence-electron chi connectivity index (χ3n) is 4.63. The van der Waals surface area contributed by atoms with Gasteiger partial charge >= 0.3 is 0 Å². The van der Waals surface area contributed by atoms with Crippen molar-refractivity contribution in [3.8, 4) is 17.3 Å². The molecule has 9 nitrogen and oxygen atoms in total. The summed E-state index contributed by atoms with van der Waals surface area (Å²) in [6, 6.07) is 8.92. The van der Waals surface area contributed by atoms with Gasteiger partial charge in [-0.25, -0.2) is 9.97 Å². The van der Waals surface area contributed by atoms with Crippen LogP contribution in [0.1, 0.15) is 31.1 Å². The number of anilines is 1. The normalized spacial score (nSPS) is 16.6. The summed E-state index contributed by atoms with van der Waals surface area (Å²) in [5.74, 6) is 1.11. The zero-order valence-corrected chi connectivity index (χ0v) is 16.2. The van der Waals surface area contributed by atoms with Gasteiger partial charge in [-0.15, -0.1) is 0 Å². The number of hydrogen-bond donors (Lipinski definition) is 1. The molecule has 1 saturated heterocycles. The van der Waals surface area contributed by atoms with Gasteiger partial charge in [0.05, 0.1) is 17.3 Å². The first kappa shape index (κ1) is 19.1. The number of aromatic nitrogens is 4. The molecule has 0 radical (unpaired) electrons. The summed E-state index contributed by atoms with van der Waals surface area (Å²) in [7, 11) is 0. The first-order valence-corrected chi connectivity index (χ1v) is 9.59. The highest BCUT2D eigenvalue weighted by atomic mass is 35.5. The number of hydrogen-bond acceptors (Lipinski definition) is 8. The van der Waals surface area contributed by atoms with Crippen molar-refractivity contribution in [2.45, 2.75) is 25.3 Å². The third kappa shape index (κ3) is 4.29. The molecule has 2 N–H and O–H groups in total. The lowest BCUT2D eigenvalue weighted by Crippen LogP contribution is -2.41. The molecule has 0 aliphatic carbocycles. The average molecular weight is 415 g/mol. The van der Waals surface area contributed by atoms with Gasteiger partial charge in [-0.3, -0.25) is 4.79 Å². The fraction of sp³-hybridized carbons (Fsp3) is 0.316. The van der Waals surface area contributed by atoms with Crippen LogP contribution in [-0.2, 0) is 4.79 Å². The predicted octanol–water partition coefficient (Wildman–Crippen LogP) is 2.89. The van der Waals surface area contributed by atoms with E-state index < -0.39 is 0 Å². The molecule has 0 spiro atoms. The second-order valence-corrected chi connectivity index (χ2v) is 6.99. The fourth-order valence-electron chi connectivity index (χ4n) is 3.24. The number of nitrogens with two attached hydrogens (primary N) is 1. The first-order valence-electron chi connectivity index (χ1n) is 9.21. The first-order chi connectivity index (χ1) is 14.1. The maximum atomic E-state index is 12.8. The Balaban J connectivity index is 1.51. The Bertz CT molecular complexity index is 997. The molecule has 29 heavy (non-hydrogen) atoms. The van der Waals surface area contributed by atoms with Gasteiger partial charge in [0.15, 0.2) is 18.1 Å². The monoisotopic (exact) mass is 414 g/mol. The Kier molecular flexibility index (Phi) is 5.57. The van der Waals surface area contributed by atoms with Crippen LogP contribution in [0.2, 0.25) is 5.02 Å². The van der Waals surface area contributed by atoms with Crippen LogP contribution in [-0.4, -0.2) is 44.1 Å². The van der Waals surface area contributed by atoms with Gasteiger partial charge in [-0.2, -0.15) is 4.98 Å². The van der Waals surface area contributed by atoms with Crippen LogP contribution in [0.4, 0.5) is 5.95 Å². The van der Waals surface area contributed by atoms with E-state index in [0.29, 0.717) is 18.1 Å². The molecule has 1 amide bonds. The molecule has 3 heterocycles. The quantitative estimate of drug-likeness (QED) is 0.676. The van der Waals surface area contributed by atoms with Gasteiger partial charge in [-0.05, 0) is 31.4 Å². The molecule has 10 heteroatoms. The van der Waals surface area contributed by atoms with Crippen molar-refractivity contribution >= 4 is 23.5 Å². The molecule has 1 atom stereocenters. The molecule has 0 unspecified atom stereocenters. The number of likely N-dealkylation sites (tertiary alicyclic amines) is 1. The number of carbonyl (C=O) groups excluding carboxylic acids is 1. The van der Waals surface area contributed by atoms with E-state index in [4.69, 9.17) is 26.6 Å². The minimum atomic E-state index is -0.300. The second-order valence-electron chi connectivity index (χ2n) is 6.58. The second kappa shape index (κ2) is 8.44. The lowest BCUT2D eigenvalue weighted by atomic mass is 10.0. The van der Waals surface area contributed by atoms with E-state index >= 15 is 0 Å². The molecule has 1 aliphatic rings. The van der Waals surface area contributed by atoms with Crippen LogP contribution in [0.25, 0.3) is 11.6 Å². The van der Waals surface area contributed by atoms with Crippen molar-refractivity contribution in [1.82, 2.24) is 25.0 Å². The van der Waals surface area contributed by atoms with Crippen molar-refractivity contribution in [1.29, 1.82) is 0 Å². The molecule has 1 aromatic carbocycles. The summed E-state index contributed by atoms with van der Waals surface area (Å²) in [4.78, 5) is 26.8. The van der Waals surface area contributed by atoms with Crippen molar-refractivity contribution in [2.75, 3.05) is 18.9 Å². The van der Waals surface area contributed by atoms with E-state index in [2.05, 4.69) is 20.1 Å². The molecular formula is C19H19ClN6O3. The minimum Gasteiger partial charge on any atom is -0.484 e. The molecule has 0 bridgehead atoms. The van der Waals surface area contributed by atoms with Gasteiger partial charge in [0, 0.05) is 6.54 Å². The number of halogens is 1. The summed E-state index contributed by atoms with van der Waals surface area (Å²) in [6.07, 6.45) is 3.97. The van der Waals surface area contributed by atoms with E-state index in [1.54, 1.807) is 4.90 Å². The van der Waals surface area contributed by atoms with Crippen LogP contribution in [0.15, 0.2) is 41.1 Å². The third-order valence-corrected chi connectivity index (χ3v) is 4.91. The number of nitrogens with zero attached hydrogens (tertiary/aromatic N) is 5. The number of amides is 1. The zero-order chi connectivity index (χ0) is 20.2. The summed E-state index contributed by atoms with van der Waals surface area (Å²) >= 11 is 6.11. The summed E-state index contributed by atoms with van der Waals surface area (Å²) in [6.45, 7) is 0.548. The van der Waals surface area contributed by atoms with E-state index in [1.807, 2.05) is 30.3 Å². The Hall–Kier alpha value is -3.20. The van der Waals surface area contributed by atoms with Gasteiger partial charge < -0.3 is 19.9 Å². The number of benzene rings is 1. The van der Waals surface area contributed by atoms with Crippen LogP contribution in [0.5, 0.6) is 5.75 Å². The fourth-order valence-corrected chi connectivity index (χ4v) is 3.41. The van der Waals surface area contributed by atoms with Crippen molar-refractivity contribution in [3.05, 3.63) is 47.4 Å². The van der Waals surface area contributed by atoms with Gasteiger partial charge in [0.1, 0.15) is 5.75 Å². The van der Waals surface area contributed by atoms with Crippen molar-refractivity contribution < 1.29 is 14.1 Å². The highest BCUT2D eigenvalue weighted by Crippen LogP contribution is 2.32. The number of piperidine rings is 1. The topological polar surface area (TPSA) is 120 Å².